The number of rotatable bonds is 5. The molecule has 3 N–H and O–H groups in total. The fraction of sp³-hybridized carbons (Fsp3) is 0.333. The van der Waals surface area contributed by atoms with Crippen LogP contribution in [0.4, 0.5) is 5.69 Å². The van der Waals surface area contributed by atoms with Crippen molar-refractivity contribution in [2.75, 3.05) is 18.4 Å². The van der Waals surface area contributed by atoms with Crippen LogP contribution in [0.25, 0.3) is 10.8 Å². The van der Waals surface area contributed by atoms with E-state index in [0.717, 1.165) is 19.5 Å². The third kappa shape index (κ3) is 3.21. The van der Waals surface area contributed by atoms with E-state index >= 15 is 0 Å². The maximum Gasteiger partial charge on any atom is 0.0346 e. The van der Waals surface area contributed by atoms with Crippen LogP contribution in [0, 0.1) is 5.92 Å². The highest BCUT2D eigenvalue weighted by atomic mass is 14.9. The Morgan fingerprint density at radius 3 is 2.65 bits per heavy atom. The Morgan fingerprint density at radius 1 is 1.12 bits per heavy atom. The molecule has 0 aliphatic carbocycles. The second-order valence-electron chi connectivity index (χ2n) is 4.62. The number of nitrogens with one attached hydrogen (secondary N) is 1. The lowest BCUT2D eigenvalue weighted by atomic mass is 10.1. The van der Waals surface area contributed by atoms with Gasteiger partial charge in [0, 0.05) is 12.2 Å². The van der Waals surface area contributed by atoms with Crippen molar-refractivity contribution >= 4 is 16.5 Å². The fourth-order valence-electron chi connectivity index (χ4n) is 1.88. The molecule has 0 aromatic heterocycles. The van der Waals surface area contributed by atoms with Gasteiger partial charge in [-0.15, -0.1) is 0 Å². The third-order valence-corrected chi connectivity index (χ3v) is 3.12. The molecule has 2 aromatic carbocycles. The first-order chi connectivity index (χ1) is 8.29. The predicted octanol–water partition coefficient (Wildman–Crippen LogP) is 3.24. The first-order valence-corrected chi connectivity index (χ1v) is 6.22. The lowest BCUT2D eigenvalue weighted by Gasteiger charge is -2.11. The van der Waals surface area contributed by atoms with E-state index in [2.05, 4.69) is 54.7 Å². The molecule has 2 heteroatoms. The summed E-state index contributed by atoms with van der Waals surface area (Å²) in [7, 11) is 0. The monoisotopic (exact) mass is 228 g/mol. The molecule has 0 heterocycles. The van der Waals surface area contributed by atoms with E-state index in [0.29, 0.717) is 5.92 Å². The maximum atomic E-state index is 5.60. The molecule has 0 saturated carbocycles. The minimum atomic E-state index is 0.586. The minimum absolute atomic E-state index is 0.586. The highest BCUT2D eigenvalue weighted by molar-refractivity contribution is 5.85. The molecule has 2 rings (SSSR count). The van der Waals surface area contributed by atoms with Gasteiger partial charge < -0.3 is 11.1 Å². The zero-order chi connectivity index (χ0) is 12.1. The number of benzene rings is 2. The quantitative estimate of drug-likeness (QED) is 0.824. The largest absolute Gasteiger partial charge is 0.385 e. The molecule has 0 spiro atoms. The van der Waals surface area contributed by atoms with Crippen molar-refractivity contribution in [3.63, 3.8) is 0 Å². The molecule has 90 valence electrons. The summed E-state index contributed by atoms with van der Waals surface area (Å²) in [4.78, 5) is 0. The Hall–Kier alpha value is -1.54. The Balaban J connectivity index is 1.99. The predicted molar refractivity (Wildman–Crippen MR) is 75.3 cm³/mol. The Morgan fingerprint density at radius 2 is 1.88 bits per heavy atom. The Bertz CT molecular complexity index is 479. The van der Waals surface area contributed by atoms with Crippen LogP contribution in [0.5, 0.6) is 0 Å². The van der Waals surface area contributed by atoms with E-state index < -0.39 is 0 Å². The van der Waals surface area contributed by atoms with E-state index in [1.165, 1.54) is 16.5 Å². The van der Waals surface area contributed by atoms with Gasteiger partial charge in [0.2, 0.25) is 0 Å². The van der Waals surface area contributed by atoms with Crippen molar-refractivity contribution in [1.29, 1.82) is 0 Å². The lowest BCUT2D eigenvalue weighted by Crippen LogP contribution is -2.14. The molecule has 0 amide bonds. The van der Waals surface area contributed by atoms with Crippen molar-refractivity contribution in [3.8, 4) is 0 Å². The van der Waals surface area contributed by atoms with Crippen LogP contribution in [-0.2, 0) is 0 Å². The molecule has 17 heavy (non-hydrogen) atoms. The zero-order valence-corrected chi connectivity index (χ0v) is 10.3. The minimum Gasteiger partial charge on any atom is -0.385 e. The zero-order valence-electron chi connectivity index (χ0n) is 10.3. The summed E-state index contributed by atoms with van der Waals surface area (Å²) < 4.78 is 0. The van der Waals surface area contributed by atoms with E-state index in [4.69, 9.17) is 5.73 Å². The molecular formula is C15H20N2. The summed E-state index contributed by atoms with van der Waals surface area (Å²) in [5.41, 5.74) is 6.79. The number of anilines is 1. The fourth-order valence-corrected chi connectivity index (χ4v) is 1.88. The van der Waals surface area contributed by atoms with E-state index in [1.54, 1.807) is 0 Å². The summed E-state index contributed by atoms with van der Waals surface area (Å²) in [6, 6.07) is 14.9. The lowest BCUT2D eigenvalue weighted by molar-refractivity contribution is 0.561. The van der Waals surface area contributed by atoms with Gasteiger partial charge in [-0.2, -0.15) is 0 Å². The molecular weight excluding hydrogens is 208 g/mol. The van der Waals surface area contributed by atoms with Crippen molar-refractivity contribution in [2.45, 2.75) is 13.3 Å². The number of hydrogen-bond acceptors (Lipinski definition) is 2. The van der Waals surface area contributed by atoms with Crippen molar-refractivity contribution in [1.82, 2.24) is 0 Å². The Labute approximate surface area is 103 Å². The third-order valence-electron chi connectivity index (χ3n) is 3.12. The standard InChI is InChI=1S/C15H20N2/c1-12(11-16)8-9-17-15-7-6-13-4-2-3-5-14(13)10-15/h2-7,10,12,17H,8-9,11,16H2,1H3. The summed E-state index contributed by atoms with van der Waals surface area (Å²) in [5, 5.41) is 6.01. The number of hydrogen-bond donors (Lipinski definition) is 2. The van der Waals surface area contributed by atoms with Gasteiger partial charge in [-0.25, -0.2) is 0 Å². The summed E-state index contributed by atoms with van der Waals surface area (Å²) in [5.74, 6) is 0.586. The summed E-state index contributed by atoms with van der Waals surface area (Å²) in [6.45, 7) is 3.93. The molecule has 0 saturated heterocycles. The van der Waals surface area contributed by atoms with E-state index in [9.17, 15) is 0 Å². The van der Waals surface area contributed by atoms with Gasteiger partial charge in [0.1, 0.15) is 0 Å². The van der Waals surface area contributed by atoms with Crippen LogP contribution in [0.2, 0.25) is 0 Å². The molecule has 1 atom stereocenters. The molecule has 2 nitrogen and oxygen atoms in total. The average molecular weight is 228 g/mol. The van der Waals surface area contributed by atoms with Gasteiger partial charge in [-0.05, 0) is 41.8 Å². The van der Waals surface area contributed by atoms with Crippen molar-refractivity contribution in [2.24, 2.45) is 11.7 Å². The number of fused-ring (bicyclic) bond motifs is 1. The van der Waals surface area contributed by atoms with Gasteiger partial charge in [0.15, 0.2) is 0 Å². The Kier molecular flexibility index (Phi) is 3.99. The van der Waals surface area contributed by atoms with Crippen LogP contribution in [-0.4, -0.2) is 13.1 Å². The smallest absolute Gasteiger partial charge is 0.0346 e. The highest BCUT2D eigenvalue weighted by Gasteiger charge is 1.99. The van der Waals surface area contributed by atoms with Gasteiger partial charge in [0.25, 0.3) is 0 Å². The second kappa shape index (κ2) is 5.69. The topological polar surface area (TPSA) is 38.0 Å². The SMILES string of the molecule is CC(CN)CCNc1ccc2ccccc2c1. The van der Waals surface area contributed by atoms with Crippen molar-refractivity contribution in [3.05, 3.63) is 42.5 Å². The molecule has 0 aliphatic rings. The van der Waals surface area contributed by atoms with Gasteiger partial charge in [0.05, 0.1) is 0 Å². The van der Waals surface area contributed by atoms with Gasteiger partial charge >= 0.3 is 0 Å². The first kappa shape index (κ1) is 11.9. The van der Waals surface area contributed by atoms with Crippen molar-refractivity contribution < 1.29 is 0 Å². The van der Waals surface area contributed by atoms with E-state index in [-0.39, 0.29) is 0 Å². The van der Waals surface area contributed by atoms with Gasteiger partial charge in [-0.1, -0.05) is 37.3 Å². The molecule has 0 fully saturated rings. The molecule has 0 aliphatic heterocycles. The van der Waals surface area contributed by atoms with E-state index in [1.807, 2.05) is 0 Å². The average Bonchev–Trinajstić information content (AvgIpc) is 2.38. The summed E-state index contributed by atoms with van der Waals surface area (Å²) in [6.07, 6.45) is 1.11. The highest BCUT2D eigenvalue weighted by Crippen LogP contribution is 2.18. The first-order valence-electron chi connectivity index (χ1n) is 6.22. The molecule has 2 aromatic rings. The number of nitrogens with two attached hydrogens (primary N) is 1. The summed E-state index contributed by atoms with van der Waals surface area (Å²) >= 11 is 0. The molecule has 0 radical (unpaired) electrons. The molecule has 0 bridgehead atoms. The van der Waals surface area contributed by atoms with Crippen LogP contribution in [0.3, 0.4) is 0 Å². The maximum absolute atomic E-state index is 5.60. The van der Waals surface area contributed by atoms with Crippen LogP contribution >= 0.6 is 0 Å². The second-order valence-corrected chi connectivity index (χ2v) is 4.62. The van der Waals surface area contributed by atoms with Crippen LogP contribution in [0.15, 0.2) is 42.5 Å². The van der Waals surface area contributed by atoms with Crippen LogP contribution in [0.1, 0.15) is 13.3 Å². The van der Waals surface area contributed by atoms with Crippen LogP contribution < -0.4 is 11.1 Å². The molecule has 1 unspecified atom stereocenters. The van der Waals surface area contributed by atoms with Gasteiger partial charge in [-0.3, -0.25) is 0 Å². The normalized spacial score (nSPS) is 12.6.